The van der Waals surface area contributed by atoms with Gasteiger partial charge in [-0.25, -0.2) is 31.7 Å². The van der Waals surface area contributed by atoms with Gasteiger partial charge in [0.25, 0.3) is 10.0 Å². The van der Waals surface area contributed by atoms with Crippen molar-refractivity contribution in [2.45, 2.75) is 49.6 Å². The Hall–Kier alpha value is -3.08. The monoisotopic (exact) mass is 514 g/mol. The van der Waals surface area contributed by atoms with E-state index < -0.39 is 15.8 Å². The molecule has 1 saturated carbocycles. The lowest BCUT2D eigenvalue weighted by Gasteiger charge is -2.27. The smallest absolute Gasteiger partial charge is 0.269 e. The highest BCUT2D eigenvalue weighted by atomic mass is 35.5. The molecule has 4 aromatic rings. The lowest BCUT2D eigenvalue weighted by atomic mass is 9.92. The summed E-state index contributed by atoms with van der Waals surface area (Å²) in [7, 11) is -3.98. The topological polar surface area (TPSA) is 116 Å². The van der Waals surface area contributed by atoms with Crippen molar-refractivity contribution >= 4 is 38.5 Å². The van der Waals surface area contributed by atoms with Crippen LogP contribution in [0.25, 0.3) is 22.4 Å². The molecule has 2 atom stereocenters. The molecule has 3 N–H and O–H groups in total. The van der Waals surface area contributed by atoms with Gasteiger partial charge < -0.3 is 11.1 Å². The number of benzene rings is 1. The summed E-state index contributed by atoms with van der Waals surface area (Å²) in [6, 6.07) is 8.18. The first kappa shape index (κ1) is 23.7. The molecule has 1 aromatic carbocycles. The molecule has 0 radical (unpaired) electrons. The third kappa shape index (κ3) is 4.61. The molecule has 182 valence electrons. The van der Waals surface area contributed by atoms with Gasteiger partial charge in [-0.1, -0.05) is 29.3 Å². The molecule has 0 bridgehead atoms. The maximum absolute atomic E-state index is 14.6. The molecule has 0 spiro atoms. The van der Waals surface area contributed by atoms with E-state index in [9.17, 15) is 12.8 Å². The Morgan fingerprint density at radius 2 is 1.94 bits per heavy atom. The molecule has 11 heteroatoms. The number of halogens is 2. The summed E-state index contributed by atoms with van der Waals surface area (Å²) in [4.78, 5) is 12.9. The normalized spacial score (nSPS) is 18.6. The maximum atomic E-state index is 14.6. The van der Waals surface area contributed by atoms with Crippen LogP contribution in [0.5, 0.6) is 0 Å². The Kier molecular flexibility index (Phi) is 6.20. The van der Waals surface area contributed by atoms with Crippen LogP contribution in [0.2, 0.25) is 5.02 Å². The number of aryl methyl sites for hydroxylation is 1. The number of fused-ring (bicyclic) bond motifs is 1. The number of nitrogens with one attached hydrogen (secondary N) is 1. The minimum absolute atomic E-state index is 0.00429. The zero-order valence-electron chi connectivity index (χ0n) is 18.9. The van der Waals surface area contributed by atoms with Crippen LogP contribution in [-0.4, -0.2) is 39.4 Å². The molecule has 0 amide bonds. The predicted molar refractivity (Wildman–Crippen MR) is 133 cm³/mol. The fraction of sp³-hybridized carbons (Fsp3) is 0.292. The van der Waals surface area contributed by atoms with Crippen molar-refractivity contribution < 1.29 is 12.8 Å². The molecule has 0 aliphatic heterocycles. The molecule has 8 nitrogen and oxygen atoms in total. The Bertz CT molecular complexity index is 1510. The number of nitrogens with two attached hydrogens (primary N) is 1. The van der Waals surface area contributed by atoms with E-state index in [4.69, 9.17) is 17.3 Å². The van der Waals surface area contributed by atoms with E-state index in [1.807, 2.05) is 6.92 Å². The van der Waals surface area contributed by atoms with Crippen molar-refractivity contribution in [2.75, 3.05) is 5.32 Å². The molecule has 1 aliphatic carbocycles. The Balaban J connectivity index is 1.61. The van der Waals surface area contributed by atoms with Crippen LogP contribution >= 0.6 is 11.6 Å². The number of pyridine rings is 1. The summed E-state index contributed by atoms with van der Waals surface area (Å²) in [6.07, 6.45) is 7.32. The van der Waals surface area contributed by atoms with Crippen LogP contribution in [0.4, 0.5) is 10.2 Å². The molecule has 0 saturated heterocycles. The Labute approximate surface area is 207 Å². The summed E-state index contributed by atoms with van der Waals surface area (Å²) in [5, 5.41) is 3.90. The summed E-state index contributed by atoms with van der Waals surface area (Å²) in [6.45, 7) is 1.88. The molecule has 1 aliphatic rings. The number of hydrogen-bond acceptors (Lipinski definition) is 7. The molecular weight excluding hydrogens is 491 g/mol. The first-order chi connectivity index (χ1) is 16.7. The lowest BCUT2D eigenvalue weighted by molar-refractivity contribution is 0.407. The van der Waals surface area contributed by atoms with Gasteiger partial charge in [-0.3, -0.25) is 0 Å². The van der Waals surface area contributed by atoms with Gasteiger partial charge in [0, 0.05) is 35.4 Å². The number of nitrogens with zero attached hydrogens (tertiary/aromatic N) is 4. The van der Waals surface area contributed by atoms with E-state index in [0.717, 1.165) is 35.0 Å². The molecular formula is C24H24ClFN6O2S. The summed E-state index contributed by atoms with van der Waals surface area (Å²) < 4.78 is 42.6. The van der Waals surface area contributed by atoms with Crippen molar-refractivity contribution in [3.05, 3.63) is 65.3 Å². The minimum Gasteiger partial charge on any atom is -0.365 e. The minimum atomic E-state index is -3.98. The van der Waals surface area contributed by atoms with Gasteiger partial charge in [-0.05, 0) is 50.8 Å². The Morgan fingerprint density at radius 1 is 1.17 bits per heavy atom. The second-order valence-electron chi connectivity index (χ2n) is 8.84. The number of aromatic nitrogens is 4. The summed E-state index contributed by atoms with van der Waals surface area (Å²) in [5.41, 5.74) is 7.55. The van der Waals surface area contributed by atoms with E-state index in [1.54, 1.807) is 18.2 Å². The Morgan fingerprint density at radius 3 is 2.69 bits per heavy atom. The SMILES string of the molecule is Cc1ccc(S(=O)(=O)n2cc(-c3ncc(F)c(NC4CCCC(N)C4)n3)c3cc(Cl)cnc32)cc1. The van der Waals surface area contributed by atoms with E-state index in [0.29, 0.717) is 22.4 Å². The van der Waals surface area contributed by atoms with Gasteiger partial charge >= 0.3 is 0 Å². The van der Waals surface area contributed by atoms with Crippen LogP contribution in [-0.2, 0) is 10.0 Å². The third-order valence-corrected chi connectivity index (χ3v) is 8.07. The van der Waals surface area contributed by atoms with Crippen LogP contribution in [0.1, 0.15) is 31.2 Å². The van der Waals surface area contributed by atoms with Crippen LogP contribution in [0, 0.1) is 12.7 Å². The van der Waals surface area contributed by atoms with Gasteiger partial charge in [0.2, 0.25) is 0 Å². The average Bonchev–Trinajstić information content (AvgIpc) is 3.20. The molecule has 3 heterocycles. The molecule has 2 unspecified atom stereocenters. The first-order valence-corrected chi connectivity index (χ1v) is 13.1. The van der Waals surface area contributed by atoms with Crippen molar-refractivity contribution in [1.82, 2.24) is 18.9 Å². The number of rotatable bonds is 5. The van der Waals surface area contributed by atoms with Crippen molar-refractivity contribution in [1.29, 1.82) is 0 Å². The second-order valence-corrected chi connectivity index (χ2v) is 11.1. The fourth-order valence-corrected chi connectivity index (χ4v) is 5.87. The van der Waals surface area contributed by atoms with Gasteiger partial charge in [-0.2, -0.15) is 0 Å². The van der Waals surface area contributed by atoms with Crippen LogP contribution in [0.3, 0.4) is 0 Å². The molecule has 3 aromatic heterocycles. The number of anilines is 1. The summed E-state index contributed by atoms with van der Waals surface area (Å²) in [5.74, 6) is -0.396. The van der Waals surface area contributed by atoms with Gasteiger partial charge in [-0.15, -0.1) is 0 Å². The van der Waals surface area contributed by atoms with E-state index >= 15 is 0 Å². The average molecular weight is 515 g/mol. The number of hydrogen-bond donors (Lipinski definition) is 2. The second kappa shape index (κ2) is 9.18. The first-order valence-electron chi connectivity index (χ1n) is 11.3. The largest absolute Gasteiger partial charge is 0.365 e. The summed E-state index contributed by atoms with van der Waals surface area (Å²) >= 11 is 6.19. The van der Waals surface area contributed by atoms with Crippen molar-refractivity contribution in [3.8, 4) is 11.4 Å². The van der Waals surface area contributed by atoms with E-state index in [2.05, 4.69) is 20.3 Å². The quantitative estimate of drug-likeness (QED) is 0.402. The van der Waals surface area contributed by atoms with E-state index in [-0.39, 0.29) is 34.3 Å². The third-order valence-electron chi connectivity index (χ3n) is 6.20. The van der Waals surface area contributed by atoms with Gasteiger partial charge in [0.1, 0.15) is 0 Å². The molecule has 1 fully saturated rings. The van der Waals surface area contributed by atoms with Gasteiger partial charge in [0.05, 0.1) is 16.1 Å². The van der Waals surface area contributed by atoms with Crippen molar-refractivity contribution in [3.63, 3.8) is 0 Å². The lowest BCUT2D eigenvalue weighted by Crippen LogP contribution is -2.35. The highest BCUT2D eigenvalue weighted by molar-refractivity contribution is 7.90. The van der Waals surface area contributed by atoms with Gasteiger partial charge in [0.15, 0.2) is 23.1 Å². The van der Waals surface area contributed by atoms with E-state index in [1.165, 1.54) is 24.5 Å². The molecule has 35 heavy (non-hydrogen) atoms. The highest BCUT2D eigenvalue weighted by Crippen LogP contribution is 2.33. The highest BCUT2D eigenvalue weighted by Gasteiger charge is 2.25. The van der Waals surface area contributed by atoms with Crippen LogP contribution < -0.4 is 11.1 Å². The standard InChI is InChI=1S/C24H24ClFN6O2S/c1-14-5-7-18(8-6-14)35(33,34)32-13-20(19-9-15(25)11-29-24(19)32)22-28-12-21(26)23(31-22)30-17-4-2-3-16(27)10-17/h5-9,11-13,16-17H,2-4,10,27H2,1H3,(H,28,30,31). The molecule has 5 rings (SSSR count). The predicted octanol–water partition coefficient (Wildman–Crippen LogP) is 4.51. The van der Waals surface area contributed by atoms with Crippen molar-refractivity contribution in [2.24, 2.45) is 5.73 Å². The fourth-order valence-electron chi connectivity index (χ4n) is 4.39. The zero-order chi connectivity index (χ0) is 24.7. The maximum Gasteiger partial charge on any atom is 0.269 e. The zero-order valence-corrected chi connectivity index (χ0v) is 20.5. The van der Waals surface area contributed by atoms with Crippen LogP contribution in [0.15, 0.2) is 53.8 Å².